The summed E-state index contributed by atoms with van der Waals surface area (Å²) < 4.78 is 5.64. The Hall–Kier alpha value is -2.53. The number of nitrogens with zero attached hydrogens (tertiary/aromatic N) is 1. The first kappa shape index (κ1) is 15.4. The van der Waals surface area contributed by atoms with Crippen LogP contribution in [-0.2, 0) is 4.79 Å². The topological polar surface area (TPSA) is 58.6 Å². The van der Waals surface area contributed by atoms with Gasteiger partial charge >= 0.3 is 0 Å². The zero-order valence-electron chi connectivity index (χ0n) is 12.3. The van der Waals surface area contributed by atoms with Gasteiger partial charge in [0.15, 0.2) is 0 Å². The van der Waals surface area contributed by atoms with Crippen molar-refractivity contribution in [3.8, 4) is 5.75 Å². The molecule has 0 saturated carbocycles. The van der Waals surface area contributed by atoms with Gasteiger partial charge in [-0.2, -0.15) is 0 Å². The molecule has 5 nitrogen and oxygen atoms in total. The third-order valence-electron chi connectivity index (χ3n) is 3.54. The number of ether oxygens (including phenoxy) is 1. The maximum atomic E-state index is 12.2. The number of hydrogen-bond donors (Lipinski definition) is 1. The summed E-state index contributed by atoms with van der Waals surface area (Å²) in [6.45, 7) is 0.651. The monoisotopic (exact) mass is 330 g/mol. The number of para-hydroxylation sites is 1. The molecule has 1 aliphatic rings. The first-order valence-electron chi connectivity index (χ1n) is 7.21. The van der Waals surface area contributed by atoms with Crippen LogP contribution in [0.2, 0.25) is 5.02 Å². The maximum Gasteiger partial charge on any atom is 0.253 e. The summed E-state index contributed by atoms with van der Waals surface area (Å²) in [6.07, 6.45) is 0. The molecule has 0 radical (unpaired) electrons. The van der Waals surface area contributed by atoms with Crippen molar-refractivity contribution >= 4 is 29.1 Å². The average molecular weight is 331 g/mol. The second-order valence-corrected chi connectivity index (χ2v) is 5.48. The second-order valence-electron chi connectivity index (χ2n) is 5.05. The summed E-state index contributed by atoms with van der Waals surface area (Å²) in [7, 11) is 0. The Balaban J connectivity index is 1.73. The largest absolute Gasteiger partial charge is 0.492 e. The number of hydrogen-bond acceptors (Lipinski definition) is 3. The molecule has 6 heteroatoms. The predicted octanol–water partition coefficient (Wildman–Crippen LogP) is 2.50. The third-order valence-corrected chi connectivity index (χ3v) is 3.79. The number of rotatable bonds is 4. The van der Waals surface area contributed by atoms with Crippen LogP contribution in [0, 0.1) is 0 Å². The molecular weight excluding hydrogens is 316 g/mol. The molecule has 1 aliphatic heterocycles. The first-order valence-corrected chi connectivity index (χ1v) is 7.59. The molecule has 2 aromatic rings. The molecule has 3 rings (SSSR count). The Morgan fingerprint density at radius 2 is 1.83 bits per heavy atom. The van der Waals surface area contributed by atoms with Gasteiger partial charge in [-0.15, -0.1) is 0 Å². The first-order chi connectivity index (χ1) is 11.1. The number of nitrogens with one attached hydrogen (secondary N) is 1. The summed E-state index contributed by atoms with van der Waals surface area (Å²) in [6, 6.07) is 14.1. The molecule has 23 heavy (non-hydrogen) atoms. The number of carbonyl (C=O) groups excluding carboxylic acids is 2. The molecule has 2 aromatic carbocycles. The Morgan fingerprint density at radius 1 is 1.09 bits per heavy atom. The van der Waals surface area contributed by atoms with Gasteiger partial charge in [0.1, 0.15) is 12.4 Å². The van der Waals surface area contributed by atoms with E-state index in [2.05, 4.69) is 5.32 Å². The summed E-state index contributed by atoms with van der Waals surface area (Å²) >= 11 is 5.83. The fourth-order valence-electron chi connectivity index (χ4n) is 2.41. The number of carbonyl (C=O) groups is 2. The Kier molecular flexibility index (Phi) is 4.48. The van der Waals surface area contributed by atoms with E-state index < -0.39 is 0 Å². The summed E-state index contributed by atoms with van der Waals surface area (Å²) in [5, 5.41) is 3.25. The molecule has 0 bridgehead atoms. The molecular formula is C17H15ClN2O3. The minimum Gasteiger partial charge on any atom is -0.492 e. The Labute approximate surface area is 138 Å². The molecule has 0 unspecified atom stereocenters. The van der Waals surface area contributed by atoms with Gasteiger partial charge in [-0.3, -0.25) is 9.59 Å². The van der Waals surface area contributed by atoms with Crippen molar-refractivity contribution in [2.45, 2.75) is 0 Å². The Morgan fingerprint density at radius 3 is 2.61 bits per heavy atom. The van der Waals surface area contributed by atoms with Crippen molar-refractivity contribution in [2.24, 2.45) is 0 Å². The van der Waals surface area contributed by atoms with E-state index in [1.54, 1.807) is 53.4 Å². The van der Waals surface area contributed by atoms with E-state index >= 15 is 0 Å². The highest BCUT2D eigenvalue weighted by atomic mass is 35.5. The number of anilines is 1. The van der Waals surface area contributed by atoms with Gasteiger partial charge in [-0.1, -0.05) is 23.7 Å². The fourth-order valence-corrected chi connectivity index (χ4v) is 2.54. The van der Waals surface area contributed by atoms with Crippen LogP contribution >= 0.6 is 11.6 Å². The molecule has 0 saturated heterocycles. The van der Waals surface area contributed by atoms with Crippen molar-refractivity contribution in [3.63, 3.8) is 0 Å². The van der Waals surface area contributed by atoms with Crippen LogP contribution in [0.25, 0.3) is 0 Å². The van der Waals surface area contributed by atoms with Crippen molar-refractivity contribution in [1.29, 1.82) is 0 Å². The molecule has 0 aromatic heterocycles. The highest BCUT2D eigenvalue weighted by Gasteiger charge is 2.25. The minimum absolute atomic E-state index is 0.0194. The van der Waals surface area contributed by atoms with E-state index in [1.165, 1.54) is 0 Å². The lowest BCUT2D eigenvalue weighted by Gasteiger charge is -2.22. The molecule has 0 spiro atoms. The van der Waals surface area contributed by atoms with Crippen molar-refractivity contribution in [3.05, 3.63) is 59.1 Å². The summed E-state index contributed by atoms with van der Waals surface area (Å²) in [5.74, 6) is 0.275. The molecule has 118 valence electrons. The van der Waals surface area contributed by atoms with Crippen molar-refractivity contribution in [2.75, 3.05) is 24.6 Å². The highest BCUT2D eigenvalue weighted by Crippen LogP contribution is 2.22. The van der Waals surface area contributed by atoms with Gasteiger partial charge < -0.3 is 15.0 Å². The zero-order chi connectivity index (χ0) is 16.2. The highest BCUT2D eigenvalue weighted by molar-refractivity contribution is 6.30. The summed E-state index contributed by atoms with van der Waals surface area (Å²) in [5.41, 5.74) is 1.09. The molecule has 1 heterocycles. The molecule has 0 fully saturated rings. The van der Waals surface area contributed by atoms with Crippen LogP contribution in [0.1, 0.15) is 10.4 Å². The lowest BCUT2D eigenvalue weighted by Crippen LogP contribution is -2.38. The maximum absolute atomic E-state index is 12.2. The van der Waals surface area contributed by atoms with Crippen LogP contribution in [-0.4, -0.2) is 31.5 Å². The Bertz CT molecular complexity index is 731. The van der Waals surface area contributed by atoms with Gasteiger partial charge in [-0.25, -0.2) is 0 Å². The number of benzene rings is 2. The van der Waals surface area contributed by atoms with Gasteiger partial charge in [-0.05, 0) is 36.4 Å². The number of amides is 2. The van der Waals surface area contributed by atoms with E-state index in [9.17, 15) is 9.59 Å². The SMILES string of the molecule is O=C1NCC(=O)N(CCOc2ccc(Cl)cc2)c2ccccc21. The lowest BCUT2D eigenvalue weighted by atomic mass is 10.1. The smallest absolute Gasteiger partial charge is 0.253 e. The molecule has 2 amide bonds. The van der Waals surface area contributed by atoms with Gasteiger partial charge in [0.25, 0.3) is 5.91 Å². The van der Waals surface area contributed by atoms with E-state index in [-0.39, 0.29) is 18.4 Å². The molecule has 0 aliphatic carbocycles. The number of fused-ring (bicyclic) bond motifs is 1. The fraction of sp³-hybridized carbons (Fsp3) is 0.176. The van der Waals surface area contributed by atoms with Crippen LogP contribution in [0.15, 0.2) is 48.5 Å². The third kappa shape index (κ3) is 3.46. The standard InChI is InChI=1S/C17H15ClN2O3/c18-12-5-7-13(8-6-12)23-10-9-20-15-4-2-1-3-14(15)17(22)19-11-16(20)21/h1-8H,9-11H2,(H,19,22). The second kappa shape index (κ2) is 6.71. The van der Waals surface area contributed by atoms with Crippen LogP contribution in [0.3, 0.4) is 0 Å². The quantitative estimate of drug-likeness (QED) is 0.937. The van der Waals surface area contributed by atoms with Crippen LogP contribution in [0.5, 0.6) is 5.75 Å². The molecule has 1 N–H and O–H groups in total. The zero-order valence-corrected chi connectivity index (χ0v) is 13.0. The molecule has 0 atom stereocenters. The lowest BCUT2D eigenvalue weighted by molar-refractivity contribution is -0.117. The van der Waals surface area contributed by atoms with Gasteiger partial charge in [0.2, 0.25) is 5.91 Å². The minimum atomic E-state index is -0.241. The van der Waals surface area contributed by atoms with E-state index in [0.29, 0.717) is 35.2 Å². The van der Waals surface area contributed by atoms with Crippen molar-refractivity contribution in [1.82, 2.24) is 5.32 Å². The summed E-state index contributed by atoms with van der Waals surface area (Å²) in [4.78, 5) is 25.8. The number of halogens is 1. The van der Waals surface area contributed by atoms with Crippen LogP contribution in [0.4, 0.5) is 5.69 Å². The predicted molar refractivity (Wildman–Crippen MR) is 88.1 cm³/mol. The van der Waals surface area contributed by atoms with E-state index in [0.717, 1.165) is 0 Å². The van der Waals surface area contributed by atoms with E-state index in [4.69, 9.17) is 16.3 Å². The average Bonchev–Trinajstić information content (AvgIpc) is 2.69. The van der Waals surface area contributed by atoms with Crippen LogP contribution < -0.4 is 15.0 Å². The van der Waals surface area contributed by atoms with Gasteiger partial charge in [0.05, 0.1) is 24.3 Å². The van der Waals surface area contributed by atoms with Gasteiger partial charge in [0, 0.05) is 5.02 Å². The normalized spacial score (nSPS) is 14.0. The van der Waals surface area contributed by atoms with Crippen molar-refractivity contribution < 1.29 is 14.3 Å². The van der Waals surface area contributed by atoms with E-state index in [1.807, 2.05) is 0 Å².